The molecule has 2 rings (SSSR count). The second-order valence-electron chi connectivity index (χ2n) is 5.15. The van der Waals surface area contributed by atoms with E-state index in [1.165, 1.54) is 0 Å². The number of hydrogen-bond donors (Lipinski definition) is 2. The van der Waals surface area contributed by atoms with Gasteiger partial charge in [0.1, 0.15) is 0 Å². The Hall–Kier alpha value is -2.44. The van der Waals surface area contributed by atoms with Gasteiger partial charge in [-0.25, -0.2) is 4.79 Å². The van der Waals surface area contributed by atoms with Crippen molar-refractivity contribution in [3.8, 4) is 11.5 Å². The van der Waals surface area contributed by atoms with Crippen LogP contribution in [0.2, 0.25) is 0 Å². The molecule has 0 bridgehead atoms. The van der Waals surface area contributed by atoms with E-state index in [9.17, 15) is 9.59 Å². The van der Waals surface area contributed by atoms with Crippen LogP contribution in [0.25, 0.3) is 0 Å². The molecule has 1 unspecified atom stereocenters. The minimum Gasteiger partial charge on any atom is -0.493 e. The fourth-order valence-corrected chi connectivity index (χ4v) is 2.55. The molecule has 7 heteroatoms. The molecule has 1 aliphatic heterocycles. The van der Waals surface area contributed by atoms with Crippen molar-refractivity contribution in [2.75, 3.05) is 27.3 Å². The first kappa shape index (κ1) is 15.9. The van der Waals surface area contributed by atoms with E-state index in [4.69, 9.17) is 15.2 Å². The molecule has 0 radical (unpaired) electrons. The lowest BCUT2D eigenvalue weighted by Gasteiger charge is -2.18. The number of carbonyl (C=O) groups excluding carboxylic acids is 2. The monoisotopic (exact) mass is 307 g/mol. The highest BCUT2D eigenvalue weighted by Crippen LogP contribution is 2.30. The average Bonchev–Trinajstić information content (AvgIpc) is 3.02. The summed E-state index contributed by atoms with van der Waals surface area (Å²) in [6.07, 6.45) is 0.616. The number of nitrogens with one attached hydrogen (secondary N) is 1. The molecule has 22 heavy (non-hydrogen) atoms. The number of nitrogens with two attached hydrogens (primary N) is 1. The van der Waals surface area contributed by atoms with Crippen LogP contribution in [-0.2, 0) is 11.3 Å². The van der Waals surface area contributed by atoms with Crippen molar-refractivity contribution in [3.63, 3.8) is 0 Å². The van der Waals surface area contributed by atoms with Crippen molar-refractivity contribution in [3.05, 3.63) is 23.8 Å². The quantitative estimate of drug-likeness (QED) is 0.838. The normalized spacial score (nSPS) is 17.2. The molecule has 0 aromatic heterocycles. The third kappa shape index (κ3) is 3.41. The van der Waals surface area contributed by atoms with E-state index in [2.05, 4.69) is 5.32 Å². The molecule has 120 valence electrons. The third-order valence-corrected chi connectivity index (χ3v) is 3.79. The zero-order valence-electron chi connectivity index (χ0n) is 12.8. The number of carbonyl (C=O) groups is 2. The smallest absolute Gasteiger partial charge is 0.317 e. The van der Waals surface area contributed by atoms with Gasteiger partial charge in [0, 0.05) is 25.2 Å². The molecule has 1 aromatic rings. The number of amides is 3. The first-order valence-electron chi connectivity index (χ1n) is 7.08. The summed E-state index contributed by atoms with van der Waals surface area (Å²) in [7, 11) is 3.12. The van der Waals surface area contributed by atoms with E-state index in [-0.39, 0.29) is 17.9 Å². The maximum Gasteiger partial charge on any atom is 0.317 e. The van der Waals surface area contributed by atoms with Crippen LogP contribution in [0.5, 0.6) is 11.5 Å². The fourth-order valence-electron chi connectivity index (χ4n) is 2.55. The van der Waals surface area contributed by atoms with E-state index in [1.807, 2.05) is 12.1 Å². The molecule has 1 fully saturated rings. The van der Waals surface area contributed by atoms with Crippen molar-refractivity contribution in [1.82, 2.24) is 10.2 Å². The van der Waals surface area contributed by atoms with Crippen LogP contribution < -0.4 is 20.5 Å². The summed E-state index contributed by atoms with van der Waals surface area (Å²) < 4.78 is 10.5. The summed E-state index contributed by atoms with van der Waals surface area (Å²) >= 11 is 0. The van der Waals surface area contributed by atoms with Crippen LogP contribution in [0, 0.1) is 5.92 Å². The number of para-hydroxylation sites is 1. The highest BCUT2D eigenvalue weighted by Gasteiger charge is 2.29. The Kier molecular flexibility index (Phi) is 5.08. The number of urea groups is 1. The van der Waals surface area contributed by atoms with E-state index in [0.717, 1.165) is 5.56 Å². The number of methoxy groups -OCH3 is 2. The number of hydrogen-bond acceptors (Lipinski definition) is 4. The van der Waals surface area contributed by atoms with Gasteiger partial charge in [-0.3, -0.25) is 4.79 Å². The van der Waals surface area contributed by atoms with E-state index in [1.54, 1.807) is 25.2 Å². The molecule has 0 spiro atoms. The third-order valence-electron chi connectivity index (χ3n) is 3.79. The van der Waals surface area contributed by atoms with Crippen molar-refractivity contribution in [1.29, 1.82) is 0 Å². The maximum atomic E-state index is 12.1. The predicted molar refractivity (Wildman–Crippen MR) is 80.7 cm³/mol. The second kappa shape index (κ2) is 7.02. The first-order chi connectivity index (χ1) is 10.6. The molecule has 0 saturated carbocycles. The van der Waals surface area contributed by atoms with Crippen LogP contribution in [-0.4, -0.2) is 44.1 Å². The Bertz CT molecular complexity index is 562. The predicted octanol–water partition coefficient (Wildman–Crippen LogP) is 0.721. The van der Waals surface area contributed by atoms with Crippen molar-refractivity contribution >= 4 is 11.9 Å². The number of benzene rings is 1. The topological polar surface area (TPSA) is 93.9 Å². The van der Waals surface area contributed by atoms with Gasteiger partial charge in [0.05, 0.1) is 20.1 Å². The number of rotatable bonds is 5. The standard InChI is InChI=1S/C15H21N3O4/c1-21-12-5-3-4-10(13(12)22-2)8-17-15(20)18-7-6-11(9-18)14(16)19/h3-5,11H,6-9H2,1-2H3,(H2,16,19)(H,17,20). The summed E-state index contributed by atoms with van der Waals surface area (Å²) in [5.74, 6) is 0.604. The highest BCUT2D eigenvalue weighted by molar-refractivity contribution is 5.80. The summed E-state index contributed by atoms with van der Waals surface area (Å²) in [4.78, 5) is 24.9. The van der Waals surface area contributed by atoms with E-state index >= 15 is 0 Å². The number of nitrogens with zero attached hydrogens (tertiary/aromatic N) is 1. The lowest BCUT2D eigenvalue weighted by Crippen LogP contribution is -2.39. The van der Waals surface area contributed by atoms with E-state index in [0.29, 0.717) is 37.6 Å². The Morgan fingerprint density at radius 2 is 2.14 bits per heavy atom. The molecule has 1 aliphatic rings. The van der Waals surface area contributed by atoms with Gasteiger partial charge >= 0.3 is 6.03 Å². The highest BCUT2D eigenvalue weighted by atomic mass is 16.5. The molecule has 3 amide bonds. The van der Waals surface area contributed by atoms with Gasteiger partial charge in [0.15, 0.2) is 11.5 Å². The lowest BCUT2D eigenvalue weighted by molar-refractivity contribution is -0.121. The largest absolute Gasteiger partial charge is 0.493 e. The van der Waals surface area contributed by atoms with Gasteiger partial charge in [-0.15, -0.1) is 0 Å². The Morgan fingerprint density at radius 3 is 2.73 bits per heavy atom. The van der Waals surface area contributed by atoms with Crippen LogP contribution in [0.3, 0.4) is 0 Å². The molecular formula is C15H21N3O4. The minimum atomic E-state index is -0.357. The van der Waals surface area contributed by atoms with Gasteiger partial charge in [0.25, 0.3) is 0 Å². The fraction of sp³-hybridized carbons (Fsp3) is 0.467. The Balaban J connectivity index is 1.96. The summed E-state index contributed by atoms with van der Waals surface area (Å²) in [6, 6.07) is 5.27. The zero-order valence-corrected chi connectivity index (χ0v) is 12.8. The molecule has 1 heterocycles. The first-order valence-corrected chi connectivity index (χ1v) is 7.08. The zero-order chi connectivity index (χ0) is 16.1. The van der Waals surface area contributed by atoms with Gasteiger partial charge in [-0.2, -0.15) is 0 Å². The molecular weight excluding hydrogens is 286 g/mol. The van der Waals surface area contributed by atoms with Gasteiger partial charge in [0.2, 0.25) is 5.91 Å². The minimum absolute atomic E-state index is 0.214. The number of ether oxygens (including phenoxy) is 2. The van der Waals surface area contributed by atoms with Gasteiger partial charge < -0.3 is 25.4 Å². The summed E-state index contributed by atoms with van der Waals surface area (Å²) in [5.41, 5.74) is 6.09. The SMILES string of the molecule is COc1cccc(CNC(=O)N2CCC(C(N)=O)C2)c1OC. The van der Waals surface area contributed by atoms with Crippen molar-refractivity contribution in [2.24, 2.45) is 11.7 Å². The molecule has 0 aliphatic carbocycles. The molecule has 1 aromatic carbocycles. The van der Waals surface area contributed by atoms with Crippen LogP contribution in [0.15, 0.2) is 18.2 Å². The number of likely N-dealkylation sites (tertiary alicyclic amines) is 1. The second-order valence-corrected chi connectivity index (χ2v) is 5.15. The van der Waals surface area contributed by atoms with Crippen LogP contribution in [0.4, 0.5) is 4.79 Å². The van der Waals surface area contributed by atoms with Crippen LogP contribution >= 0.6 is 0 Å². The van der Waals surface area contributed by atoms with Crippen molar-refractivity contribution < 1.29 is 19.1 Å². The van der Waals surface area contributed by atoms with Gasteiger partial charge in [-0.1, -0.05) is 12.1 Å². The summed E-state index contributed by atoms with van der Waals surface area (Å²) in [5, 5.41) is 2.83. The van der Waals surface area contributed by atoms with Crippen LogP contribution in [0.1, 0.15) is 12.0 Å². The summed E-state index contributed by atoms with van der Waals surface area (Å²) in [6.45, 7) is 1.22. The Morgan fingerprint density at radius 1 is 1.36 bits per heavy atom. The Labute approximate surface area is 129 Å². The molecule has 1 saturated heterocycles. The lowest BCUT2D eigenvalue weighted by atomic mass is 10.1. The molecule has 3 N–H and O–H groups in total. The molecule has 1 atom stereocenters. The molecule has 7 nitrogen and oxygen atoms in total. The maximum absolute atomic E-state index is 12.1. The number of primary amides is 1. The van der Waals surface area contributed by atoms with Crippen molar-refractivity contribution in [2.45, 2.75) is 13.0 Å². The average molecular weight is 307 g/mol. The van der Waals surface area contributed by atoms with E-state index < -0.39 is 0 Å². The van der Waals surface area contributed by atoms with Gasteiger partial charge in [-0.05, 0) is 12.5 Å².